The van der Waals surface area contributed by atoms with Gasteiger partial charge >= 0.3 is 0 Å². The van der Waals surface area contributed by atoms with Crippen LogP contribution in [-0.4, -0.2) is 38.6 Å². The fourth-order valence-electron chi connectivity index (χ4n) is 6.51. The molecule has 0 bridgehead atoms. The summed E-state index contributed by atoms with van der Waals surface area (Å²) < 4.78 is 39.4. The summed E-state index contributed by atoms with van der Waals surface area (Å²) in [6.07, 6.45) is 8.94. The predicted molar refractivity (Wildman–Crippen MR) is 163 cm³/mol. The molecule has 0 N–H and O–H groups in total. The van der Waals surface area contributed by atoms with Crippen LogP contribution in [0.2, 0.25) is 0 Å². The summed E-state index contributed by atoms with van der Waals surface area (Å²) in [5.74, 6) is 1.59. The van der Waals surface area contributed by atoms with Crippen LogP contribution in [0.5, 0.6) is 0 Å². The van der Waals surface area contributed by atoms with E-state index in [1.807, 2.05) is 6.07 Å². The van der Waals surface area contributed by atoms with Crippen LogP contribution in [0.15, 0.2) is 59.5 Å². The summed E-state index contributed by atoms with van der Waals surface area (Å²) in [6, 6.07) is 8.89. The third-order valence-electron chi connectivity index (χ3n) is 9.54. The van der Waals surface area contributed by atoms with Crippen LogP contribution in [0.3, 0.4) is 0 Å². The third-order valence-corrected chi connectivity index (χ3v) is 11.4. The average Bonchev–Trinajstić information content (AvgIpc) is 3.37. The lowest BCUT2D eigenvalue weighted by Crippen LogP contribution is -2.30. The van der Waals surface area contributed by atoms with Crippen molar-refractivity contribution in [2.24, 2.45) is 29.6 Å². The van der Waals surface area contributed by atoms with Gasteiger partial charge in [-0.15, -0.1) is 0 Å². The van der Waals surface area contributed by atoms with Crippen LogP contribution in [0, 0.1) is 29.6 Å². The van der Waals surface area contributed by atoms with Crippen molar-refractivity contribution in [2.45, 2.75) is 122 Å². The first-order chi connectivity index (χ1) is 18.4. The maximum absolute atomic E-state index is 13.4. The van der Waals surface area contributed by atoms with Gasteiger partial charge in [-0.05, 0) is 80.4 Å². The molecular formula is C34H54O4S. The first-order valence-corrected chi connectivity index (χ1v) is 17.0. The molecule has 3 rings (SSSR count). The minimum atomic E-state index is -3.39. The highest BCUT2D eigenvalue weighted by atomic mass is 32.2. The molecule has 2 aliphatic rings. The number of unbranched alkanes of at least 4 members (excludes halogenated alkanes) is 1. The van der Waals surface area contributed by atoms with E-state index in [2.05, 4.69) is 54.7 Å². The zero-order valence-electron chi connectivity index (χ0n) is 25.4. The highest BCUT2D eigenvalue weighted by Gasteiger charge is 2.44. The van der Waals surface area contributed by atoms with Crippen LogP contribution in [0.1, 0.15) is 92.9 Å². The quantitative estimate of drug-likeness (QED) is 0.160. The largest absolute Gasteiger partial charge is 0.374 e. The van der Waals surface area contributed by atoms with Gasteiger partial charge in [-0.1, -0.05) is 90.8 Å². The van der Waals surface area contributed by atoms with Crippen molar-refractivity contribution in [3.05, 3.63) is 54.6 Å². The molecule has 4 unspecified atom stereocenters. The lowest BCUT2D eigenvalue weighted by Gasteiger charge is -2.27. The Hall–Kier alpha value is -1.43. The third kappa shape index (κ3) is 8.78. The van der Waals surface area contributed by atoms with Crippen molar-refractivity contribution >= 4 is 9.84 Å². The summed E-state index contributed by atoms with van der Waals surface area (Å²) in [5, 5.41) is 0. The standard InChI is InChI=1S/C34H54O4S/c1-9-23(2)19-33-29(8)31(22-39(35,36)30-16-11-10-12-17-30)34(38-33)21-25(4)28(7)24(3)15-13-14-18-32-26(5)20-27(6)37-32/h10-12,16-17,23-25,27,29,31-34H,5,7,9,13-15,18-22H2,1-4,6,8H3/t23?,24?,25-,27+,29-,31-,32?,33-,34?/m1/s1. The number of benzene rings is 1. The van der Waals surface area contributed by atoms with E-state index in [4.69, 9.17) is 9.47 Å². The van der Waals surface area contributed by atoms with Crippen molar-refractivity contribution in [1.29, 1.82) is 0 Å². The fraction of sp³-hybridized carbons (Fsp3) is 0.706. The lowest BCUT2D eigenvalue weighted by molar-refractivity contribution is 0.00926. The zero-order chi connectivity index (χ0) is 28.7. The molecule has 0 saturated carbocycles. The second kappa shape index (κ2) is 14.5. The molecule has 220 valence electrons. The van der Waals surface area contributed by atoms with Gasteiger partial charge in [-0.2, -0.15) is 0 Å². The SMILES string of the molecule is C=C1C[C@H](C)OC1CCCCC(C)C(=C)[C@H](C)CC1O[C@H](CC(C)CC)[C@H](C)[C@H]1CS(=O)(=O)c1ccccc1. The van der Waals surface area contributed by atoms with Crippen molar-refractivity contribution in [2.75, 3.05) is 5.75 Å². The van der Waals surface area contributed by atoms with Crippen LogP contribution in [-0.2, 0) is 19.3 Å². The number of hydrogen-bond donors (Lipinski definition) is 0. The van der Waals surface area contributed by atoms with Gasteiger partial charge < -0.3 is 9.47 Å². The van der Waals surface area contributed by atoms with E-state index in [1.165, 1.54) is 11.1 Å². The average molecular weight is 559 g/mol. The van der Waals surface area contributed by atoms with Gasteiger partial charge in [0, 0.05) is 5.92 Å². The maximum atomic E-state index is 13.4. The van der Waals surface area contributed by atoms with Crippen molar-refractivity contribution in [3.8, 4) is 0 Å². The lowest BCUT2D eigenvalue weighted by atomic mass is 9.80. The minimum absolute atomic E-state index is 0.0169. The van der Waals surface area contributed by atoms with Gasteiger partial charge in [-0.3, -0.25) is 0 Å². The van der Waals surface area contributed by atoms with Crippen LogP contribution in [0.25, 0.3) is 0 Å². The van der Waals surface area contributed by atoms with Crippen LogP contribution < -0.4 is 0 Å². The summed E-state index contributed by atoms with van der Waals surface area (Å²) in [7, 11) is -3.39. The maximum Gasteiger partial charge on any atom is 0.178 e. The Balaban J connectivity index is 1.59. The molecule has 0 radical (unpaired) electrons. The number of allylic oxidation sites excluding steroid dienone is 1. The van der Waals surface area contributed by atoms with Crippen LogP contribution >= 0.6 is 0 Å². The monoisotopic (exact) mass is 558 g/mol. The van der Waals surface area contributed by atoms with Gasteiger partial charge in [0.05, 0.1) is 35.1 Å². The van der Waals surface area contributed by atoms with E-state index in [1.54, 1.807) is 24.3 Å². The predicted octanol–water partition coefficient (Wildman–Crippen LogP) is 8.43. The van der Waals surface area contributed by atoms with Gasteiger partial charge in [-0.25, -0.2) is 8.42 Å². The molecule has 5 heteroatoms. The Labute approximate surface area is 239 Å². The second-order valence-corrected chi connectivity index (χ2v) is 14.8. The molecule has 9 atom stereocenters. The van der Waals surface area contributed by atoms with Crippen molar-refractivity contribution < 1.29 is 17.9 Å². The molecule has 0 aliphatic carbocycles. The molecule has 0 spiro atoms. The van der Waals surface area contributed by atoms with E-state index < -0.39 is 9.84 Å². The number of ether oxygens (including phenoxy) is 2. The molecule has 39 heavy (non-hydrogen) atoms. The molecule has 1 aromatic rings. The molecule has 2 fully saturated rings. The molecule has 1 aromatic carbocycles. The Morgan fingerprint density at radius 3 is 2.31 bits per heavy atom. The first-order valence-electron chi connectivity index (χ1n) is 15.4. The van der Waals surface area contributed by atoms with Gasteiger partial charge in [0.2, 0.25) is 0 Å². The molecule has 2 aliphatic heterocycles. The van der Waals surface area contributed by atoms with E-state index in [0.29, 0.717) is 22.8 Å². The summed E-state index contributed by atoms with van der Waals surface area (Å²) >= 11 is 0. The Bertz CT molecular complexity index is 1030. The van der Waals surface area contributed by atoms with Crippen LogP contribution in [0.4, 0.5) is 0 Å². The minimum Gasteiger partial charge on any atom is -0.374 e. The number of hydrogen-bond acceptors (Lipinski definition) is 4. The second-order valence-electron chi connectivity index (χ2n) is 12.8. The van der Waals surface area contributed by atoms with Gasteiger partial charge in [0.15, 0.2) is 9.84 Å². The Morgan fingerprint density at radius 1 is 1.00 bits per heavy atom. The van der Waals surface area contributed by atoms with Gasteiger partial charge in [0.25, 0.3) is 0 Å². The van der Waals surface area contributed by atoms with E-state index in [9.17, 15) is 8.42 Å². The number of rotatable bonds is 15. The topological polar surface area (TPSA) is 52.6 Å². The van der Waals surface area contributed by atoms with Crippen molar-refractivity contribution in [3.63, 3.8) is 0 Å². The summed E-state index contributed by atoms with van der Waals surface area (Å²) in [6.45, 7) is 22.0. The van der Waals surface area contributed by atoms with E-state index in [0.717, 1.165) is 51.4 Å². The Kier molecular flexibility index (Phi) is 11.9. The van der Waals surface area contributed by atoms with Gasteiger partial charge in [0.1, 0.15) is 0 Å². The smallest absolute Gasteiger partial charge is 0.178 e. The Morgan fingerprint density at radius 2 is 1.69 bits per heavy atom. The number of sulfone groups is 1. The zero-order valence-corrected chi connectivity index (χ0v) is 26.2. The normalized spacial score (nSPS) is 29.8. The molecule has 0 aromatic heterocycles. The molecule has 4 nitrogen and oxygen atoms in total. The molecule has 0 amide bonds. The fourth-order valence-corrected chi connectivity index (χ4v) is 8.30. The molecular weight excluding hydrogens is 504 g/mol. The molecule has 2 heterocycles. The van der Waals surface area contributed by atoms with E-state index >= 15 is 0 Å². The summed E-state index contributed by atoms with van der Waals surface area (Å²) in [5.41, 5.74) is 2.51. The van der Waals surface area contributed by atoms with Crippen molar-refractivity contribution in [1.82, 2.24) is 0 Å². The first kappa shape index (κ1) is 32.1. The molecule has 2 saturated heterocycles. The van der Waals surface area contributed by atoms with E-state index in [-0.39, 0.29) is 41.8 Å². The highest BCUT2D eigenvalue weighted by molar-refractivity contribution is 7.91. The summed E-state index contributed by atoms with van der Waals surface area (Å²) in [4.78, 5) is 0.411. The highest BCUT2D eigenvalue weighted by Crippen LogP contribution is 2.41.